The molecule has 190 valence electrons. The zero-order chi connectivity index (χ0) is 26.0. The maximum atomic E-state index is 12.9. The lowest BCUT2D eigenvalue weighted by Crippen LogP contribution is -2.61. The second kappa shape index (κ2) is 9.85. The third-order valence-corrected chi connectivity index (χ3v) is 6.33. The molecule has 1 aromatic carbocycles. The summed E-state index contributed by atoms with van der Waals surface area (Å²) in [5.74, 6) is -4.70. The topological polar surface area (TPSA) is 72.9 Å². The van der Waals surface area contributed by atoms with Crippen LogP contribution in [-0.2, 0) is 16.2 Å². The van der Waals surface area contributed by atoms with Crippen molar-refractivity contribution in [1.29, 1.82) is 0 Å². The van der Waals surface area contributed by atoms with E-state index in [9.17, 15) is 40.7 Å². The molecule has 1 aliphatic rings. The maximum absolute atomic E-state index is 12.9. The number of carbonyl (C=O) groups excluding carboxylic acids is 3. The lowest BCUT2D eigenvalue weighted by Gasteiger charge is -2.41. The highest BCUT2D eigenvalue weighted by atomic mass is 32.1. The molecule has 0 unspecified atom stereocenters. The number of alkyl halides is 6. The molecule has 1 aromatic heterocycles. The number of hydrogen-bond acceptors (Lipinski definition) is 6. The van der Waals surface area contributed by atoms with Crippen LogP contribution in [0.25, 0.3) is 0 Å². The van der Waals surface area contributed by atoms with Crippen LogP contribution in [0.15, 0.2) is 36.4 Å². The number of methoxy groups -OCH3 is 1. The standard InChI is InChI=1S/C21H19F6N2O5S/c1-33-14-4-2-3-13(11-14)12-29(34-19(32)21(25,26)27)9-7-28(8-10-29)18(31)16-6-5-15(35-16)17(30)20(22,23)24/h2-6,11H,7-10,12H2,1H3/q+1. The Morgan fingerprint density at radius 3 is 2.17 bits per heavy atom. The molecule has 1 aliphatic heterocycles. The zero-order valence-electron chi connectivity index (χ0n) is 18.1. The highest BCUT2D eigenvalue weighted by molar-refractivity contribution is 7.16. The van der Waals surface area contributed by atoms with Crippen molar-refractivity contribution in [2.45, 2.75) is 18.9 Å². The molecule has 0 N–H and O–H groups in total. The van der Waals surface area contributed by atoms with Gasteiger partial charge in [-0.3, -0.25) is 14.4 Å². The number of thiophene rings is 1. The van der Waals surface area contributed by atoms with Gasteiger partial charge in [0.1, 0.15) is 25.4 Å². The lowest BCUT2D eigenvalue weighted by molar-refractivity contribution is -1.10. The summed E-state index contributed by atoms with van der Waals surface area (Å²) in [6, 6.07) is 8.42. The van der Waals surface area contributed by atoms with Crippen molar-refractivity contribution in [1.82, 2.24) is 4.90 Å². The Labute approximate surface area is 199 Å². The number of Topliss-reactive ketones (excluding diaryl/α,β-unsaturated/α-hetero) is 1. The second-order valence-electron chi connectivity index (χ2n) is 7.67. The molecular formula is C21H19F6N2O5S+. The first kappa shape index (κ1) is 26.5. The van der Waals surface area contributed by atoms with E-state index < -0.39 is 39.5 Å². The Bertz CT molecular complexity index is 1110. The molecule has 7 nitrogen and oxygen atoms in total. The Morgan fingerprint density at radius 1 is 0.971 bits per heavy atom. The number of amides is 1. The number of nitrogens with zero attached hydrogens (tertiary/aromatic N) is 2. The van der Waals surface area contributed by atoms with E-state index in [1.54, 1.807) is 24.3 Å². The van der Waals surface area contributed by atoms with Gasteiger partial charge in [-0.15, -0.1) is 16.0 Å². The fourth-order valence-corrected chi connectivity index (χ4v) is 4.45. The first-order valence-corrected chi connectivity index (χ1v) is 10.9. The number of hydrogen-bond donors (Lipinski definition) is 0. The Balaban J connectivity index is 1.77. The van der Waals surface area contributed by atoms with Crippen molar-refractivity contribution >= 4 is 29.0 Å². The quantitative estimate of drug-likeness (QED) is 0.324. The van der Waals surface area contributed by atoms with E-state index in [-0.39, 0.29) is 37.6 Å². The van der Waals surface area contributed by atoms with Gasteiger partial charge in [-0.2, -0.15) is 26.3 Å². The molecule has 0 aliphatic carbocycles. The van der Waals surface area contributed by atoms with Gasteiger partial charge in [0.15, 0.2) is 0 Å². The molecule has 0 saturated carbocycles. The summed E-state index contributed by atoms with van der Waals surface area (Å²) in [5.41, 5.74) is 0.521. The predicted octanol–water partition coefficient (Wildman–Crippen LogP) is 4.00. The maximum Gasteiger partial charge on any atom is 0.497 e. The monoisotopic (exact) mass is 525 g/mol. The van der Waals surface area contributed by atoms with Gasteiger partial charge < -0.3 is 9.64 Å². The summed E-state index contributed by atoms with van der Waals surface area (Å²) in [5, 5.41) is 0. The van der Waals surface area contributed by atoms with Crippen molar-refractivity contribution in [2.75, 3.05) is 33.3 Å². The van der Waals surface area contributed by atoms with Gasteiger partial charge >= 0.3 is 18.3 Å². The molecule has 35 heavy (non-hydrogen) atoms. The van der Waals surface area contributed by atoms with Crippen LogP contribution in [0, 0.1) is 0 Å². The molecule has 1 fully saturated rings. The third kappa shape index (κ3) is 6.31. The fraction of sp³-hybridized carbons (Fsp3) is 0.381. The SMILES string of the molecule is COc1cccc(C[N+]2(OC(=O)C(F)(F)F)CCN(C(=O)c3ccc(C(=O)C(F)(F)F)s3)CC2)c1. The minimum Gasteiger partial charge on any atom is -0.497 e. The summed E-state index contributed by atoms with van der Waals surface area (Å²) in [6.45, 7) is -0.831. The van der Waals surface area contributed by atoms with Crippen LogP contribution >= 0.6 is 11.3 Å². The molecule has 2 heterocycles. The molecule has 3 rings (SSSR count). The van der Waals surface area contributed by atoms with Gasteiger partial charge in [-0.1, -0.05) is 12.1 Å². The number of benzene rings is 1. The zero-order valence-corrected chi connectivity index (χ0v) is 18.9. The highest BCUT2D eigenvalue weighted by Crippen LogP contribution is 2.29. The van der Waals surface area contributed by atoms with Gasteiger partial charge in [0.2, 0.25) is 0 Å². The number of ketones is 1. The Hall–Kier alpha value is -3.13. The molecule has 14 heteroatoms. The first-order valence-electron chi connectivity index (χ1n) is 10.0. The highest BCUT2D eigenvalue weighted by Gasteiger charge is 2.49. The minimum absolute atomic E-state index is 0.127. The van der Waals surface area contributed by atoms with Crippen LogP contribution in [0.1, 0.15) is 24.9 Å². The minimum atomic E-state index is -5.23. The van der Waals surface area contributed by atoms with E-state index in [0.717, 1.165) is 12.1 Å². The largest absolute Gasteiger partial charge is 0.497 e. The second-order valence-corrected chi connectivity index (χ2v) is 8.76. The molecule has 1 amide bonds. The van der Waals surface area contributed by atoms with Crippen LogP contribution < -0.4 is 4.74 Å². The van der Waals surface area contributed by atoms with Gasteiger partial charge in [-0.05, 0) is 24.3 Å². The summed E-state index contributed by atoms with van der Waals surface area (Å²) in [4.78, 5) is 41.1. The summed E-state index contributed by atoms with van der Waals surface area (Å²) < 4.78 is 81.0. The molecule has 0 radical (unpaired) electrons. The summed E-state index contributed by atoms with van der Waals surface area (Å²) >= 11 is 0.376. The molecule has 0 atom stereocenters. The smallest absolute Gasteiger partial charge is 0.497 e. The molecule has 1 saturated heterocycles. The van der Waals surface area contributed by atoms with E-state index in [2.05, 4.69) is 0 Å². The predicted molar refractivity (Wildman–Crippen MR) is 109 cm³/mol. The van der Waals surface area contributed by atoms with Crippen LogP contribution in [0.5, 0.6) is 5.75 Å². The third-order valence-electron chi connectivity index (χ3n) is 5.25. The molecular weight excluding hydrogens is 506 g/mol. The average Bonchev–Trinajstić information content (AvgIpc) is 3.27. The first-order chi connectivity index (χ1) is 16.2. The normalized spacial score (nSPS) is 16.0. The van der Waals surface area contributed by atoms with Gasteiger partial charge in [0.25, 0.3) is 11.7 Å². The van der Waals surface area contributed by atoms with E-state index in [0.29, 0.717) is 22.6 Å². The van der Waals surface area contributed by atoms with Crippen LogP contribution in [-0.4, -0.2) is 72.8 Å². The van der Waals surface area contributed by atoms with E-state index in [1.807, 2.05) is 0 Å². The van der Waals surface area contributed by atoms with E-state index in [4.69, 9.17) is 9.57 Å². The van der Waals surface area contributed by atoms with E-state index in [1.165, 1.54) is 12.0 Å². The van der Waals surface area contributed by atoms with Gasteiger partial charge in [-0.25, -0.2) is 4.79 Å². The summed E-state index contributed by atoms with van der Waals surface area (Å²) in [7, 11) is 1.41. The number of carbonyl (C=O) groups is 3. The Morgan fingerprint density at radius 2 is 1.60 bits per heavy atom. The number of rotatable bonds is 6. The molecule has 0 bridgehead atoms. The number of quaternary nitrogens is 1. The number of hydroxylamine groups is 3. The van der Waals surface area contributed by atoms with Crippen molar-refractivity contribution in [2.24, 2.45) is 0 Å². The number of halogens is 6. The summed E-state index contributed by atoms with van der Waals surface area (Å²) in [6.07, 6.45) is -10.3. The van der Waals surface area contributed by atoms with Crippen LogP contribution in [0.3, 0.4) is 0 Å². The molecule has 2 aromatic rings. The van der Waals surface area contributed by atoms with Crippen molar-refractivity contribution in [3.05, 3.63) is 51.7 Å². The molecule has 0 spiro atoms. The average molecular weight is 525 g/mol. The van der Waals surface area contributed by atoms with Crippen LogP contribution in [0.4, 0.5) is 26.3 Å². The van der Waals surface area contributed by atoms with Crippen molar-refractivity contribution in [3.63, 3.8) is 0 Å². The van der Waals surface area contributed by atoms with Gasteiger partial charge in [0, 0.05) is 5.56 Å². The van der Waals surface area contributed by atoms with Gasteiger partial charge in [0.05, 0.1) is 30.0 Å². The lowest BCUT2D eigenvalue weighted by atomic mass is 10.1. The number of ether oxygens (including phenoxy) is 1. The van der Waals surface area contributed by atoms with Crippen LogP contribution in [0.2, 0.25) is 0 Å². The van der Waals surface area contributed by atoms with Crippen molar-refractivity contribution in [3.8, 4) is 5.75 Å². The fourth-order valence-electron chi connectivity index (χ4n) is 3.52. The Kier molecular flexibility index (Phi) is 7.45. The number of piperazine rings is 1. The van der Waals surface area contributed by atoms with Crippen molar-refractivity contribution < 1.29 is 54.9 Å². The van der Waals surface area contributed by atoms with E-state index >= 15 is 0 Å².